The van der Waals surface area contributed by atoms with Crippen molar-refractivity contribution >= 4 is 18.0 Å². The molecule has 0 aliphatic rings. The fourth-order valence-corrected chi connectivity index (χ4v) is 3.33. The smallest absolute Gasteiger partial charge is 0.262 e. The zero-order valence-corrected chi connectivity index (χ0v) is 11.3. The molecule has 0 aromatic heterocycles. The maximum atomic E-state index is 12.7. The zero-order chi connectivity index (χ0) is 13.7. The van der Waals surface area contributed by atoms with Crippen molar-refractivity contribution in [3.8, 4) is 5.75 Å². The molecule has 0 amide bonds. The Morgan fingerprint density at radius 2 is 1.74 bits per heavy atom. The first kappa shape index (κ1) is 13.6. The van der Waals surface area contributed by atoms with Gasteiger partial charge >= 0.3 is 0 Å². The van der Waals surface area contributed by atoms with E-state index in [1.165, 1.54) is 0 Å². The zero-order valence-electron chi connectivity index (χ0n) is 10.4. The van der Waals surface area contributed by atoms with Crippen molar-refractivity contribution in [3.63, 3.8) is 0 Å². The first-order valence-corrected chi connectivity index (χ1v) is 7.54. The van der Waals surface area contributed by atoms with Gasteiger partial charge in [-0.2, -0.15) is 0 Å². The number of para-hydroxylation sites is 1. The molecule has 0 aliphatic carbocycles. The van der Waals surface area contributed by atoms with Gasteiger partial charge in [0.15, 0.2) is 0 Å². The van der Waals surface area contributed by atoms with Gasteiger partial charge in [-0.1, -0.05) is 43.0 Å². The SMILES string of the molecule is C=CCOc1ccccc1P(=O)(O)c1ccccc1. The number of rotatable bonds is 5. The van der Waals surface area contributed by atoms with Crippen molar-refractivity contribution < 1.29 is 14.2 Å². The highest BCUT2D eigenvalue weighted by molar-refractivity contribution is 7.73. The topological polar surface area (TPSA) is 46.5 Å². The summed E-state index contributed by atoms with van der Waals surface area (Å²) in [5.74, 6) is 0.414. The van der Waals surface area contributed by atoms with Crippen molar-refractivity contribution in [1.82, 2.24) is 0 Å². The van der Waals surface area contributed by atoms with E-state index in [1.807, 2.05) is 6.07 Å². The van der Waals surface area contributed by atoms with E-state index >= 15 is 0 Å². The molecule has 1 atom stereocenters. The highest BCUT2D eigenvalue weighted by Crippen LogP contribution is 2.41. The lowest BCUT2D eigenvalue weighted by molar-refractivity contribution is 0.365. The number of hydrogen-bond donors (Lipinski definition) is 1. The molecule has 0 fully saturated rings. The Hall–Kier alpha value is -1.83. The molecule has 0 aliphatic heterocycles. The van der Waals surface area contributed by atoms with Crippen molar-refractivity contribution in [3.05, 3.63) is 67.3 Å². The molecule has 2 aromatic rings. The van der Waals surface area contributed by atoms with Crippen molar-refractivity contribution in [2.45, 2.75) is 0 Å². The highest BCUT2D eigenvalue weighted by atomic mass is 31.2. The lowest BCUT2D eigenvalue weighted by Crippen LogP contribution is -2.17. The van der Waals surface area contributed by atoms with Crippen LogP contribution in [0.4, 0.5) is 0 Å². The summed E-state index contributed by atoms with van der Waals surface area (Å²) in [6.45, 7) is 3.87. The third kappa shape index (κ3) is 2.95. The quantitative estimate of drug-likeness (QED) is 0.673. The number of benzene rings is 2. The summed E-state index contributed by atoms with van der Waals surface area (Å²) >= 11 is 0. The minimum absolute atomic E-state index is 0.297. The fourth-order valence-electron chi connectivity index (χ4n) is 1.75. The molecular formula is C15H15O3P. The van der Waals surface area contributed by atoms with E-state index < -0.39 is 7.37 Å². The Morgan fingerprint density at radius 1 is 1.11 bits per heavy atom. The van der Waals surface area contributed by atoms with E-state index in [-0.39, 0.29) is 0 Å². The van der Waals surface area contributed by atoms with E-state index in [4.69, 9.17) is 4.74 Å². The van der Waals surface area contributed by atoms with E-state index in [2.05, 4.69) is 6.58 Å². The van der Waals surface area contributed by atoms with E-state index in [1.54, 1.807) is 54.6 Å². The van der Waals surface area contributed by atoms with Crippen LogP contribution in [0.5, 0.6) is 5.75 Å². The summed E-state index contributed by atoms with van der Waals surface area (Å²) < 4.78 is 18.1. The summed E-state index contributed by atoms with van der Waals surface area (Å²) in [4.78, 5) is 10.4. The van der Waals surface area contributed by atoms with E-state index in [0.717, 1.165) is 0 Å². The predicted octanol–water partition coefficient (Wildman–Crippen LogP) is 2.47. The molecule has 0 heterocycles. The largest absolute Gasteiger partial charge is 0.489 e. The van der Waals surface area contributed by atoms with Gasteiger partial charge in [0.25, 0.3) is 7.37 Å². The molecule has 1 N–H and O–H groups in total. The van der Waals surface area contributed by atoms with Gasteiger partial charge in [0, 0.05) is 5.30 Å². The normalized spacial score (nSPS) is 13.5. The Bertz CT molecular complexity index is 608. The van der Waals surface area contributed by atoms with Crippen LogP contribution in [0.3, 0.4) is 0 Å². The van der Waals surface area contributed by atoms with Crippen LogP contribution in [0.1, 0.15) is 0 Å². The van der Waals surface area contributed by atoms with E-state index in [9.17, 15) is 9.46 Å². The van der Waals surface area contributed by atoms with Crippen LogP contribution >= 0.6 is 7.37 Å². The van der Waals surface area contributed by atoms with Crippen molar-refractivity contribution in [2.24, 2.45) is 0 Å². The fraction of sp³-hybridized carbons (Fsp3) is 0.0667. The molecule has 2 rings (SSSR count). The molecular weight excluding hydrogens is 259 g/mol. The average Bonchev–Trinajstić information content (AvgIpc) is 2.46. The minimum Gasteiger partial charge on any atom is -0.489 e. The summed E-state index contributed by atoms with van der Waals surface area (Å²) in [5, 5.41) is 0.702. The Morgan fingerprint density at radius 3 is 2.42 bits per heavy atom. The number of hydrogen-bond acceptors (Lipinski definition) is 2. The van der Waals surface area contributed by atoms with Gasteiger partial charge in [0.1, 0.15) is 12.4 Å². The van der Waals surface area contributed by atoms with Crippen LogP contribution in [0, 0.1) is 0 Å². The summed E-state index contributed by atoms with van der Waals surface area (Å²) in [7, 11) is -3.63. The molecule has 98 valence electrons. The maximum absolute atomic E-state index is 12.7. The van der Waals surface area contributed by atoms with Crippen LogP contribution in [0.15, 0.2) is 67.3 Å². The number of ether oxygens (including phenoxy) is 1. The monoisotopic (exact) mass is 274 g/mol. The average molecular weight is 274 g/mol. The lowest BCUT2D eigenvalue weighted by Gasteiger charge is -2.16. The second-order valence-corrected chi connectivity index (χ2v) is 6.13. The van der Waals surface area contributed by atoms with Crippen LogP contribution in [-0.4, -0.2) is 11.5 Å². The minimum atomic E-state index is -3.63. The van der Waals surface area contributed by atoms with Gasteiger partial charge in [-0.3, -0.25) is 4.57 Å². The Labute approximate surface area is 112 Å². The van der Waals surface area contributed by atoms with Crippen LogP contribution < -0.4 is 15.3 Å². The molecule has 0 spiro atoms. The molecule has 0 saturated carbocycles. The third-order valence-electron chi connectivity index (χ3n) is 2.65. The third-order valence-corrected chi connectivity index (χ3v) is 4.68. The van der Waals surface area contributed by atoms with Crippen LogP contribution in [-0.2, 0) is 4.57 Å². The second kappa shape index (κ2) is 5.87. The molecule has 0 saturated heterocycles. The Kier molecular flexibility index (Phi) is 4.20. The van der Waals surface area contributed by atoms with Gasteiger partial charge < -0.3 is 9.63 Å². The predicted molar refractivity (Wildman–Crippen MR) is 77.7 cm³/mol. The first-order valence-electron chi connectivity index (χ1n) is 5.88. The van der Waals surface area contributed by atoms with Gasteiger partial charge in [-0.05, 0) is 24.3 Å². The highest BCUT2D eigenvalue weighted by Gasteiger charge is 2.27. The van der Waals surface area contributed by atoms with Crippen LogP contribution in [0.25, 0.3) is 0 Å². The molecule has 2 aromatic carbocycles. The van der Waals surface area contributed by atoms with Crippen molar-refractivity contribution in [2.75, 3.05) is 6.61 Å². The van der Waals surface area contributed by atoms with Gasteiger partial charge in [0.05, 0.1) is 5.30 Å². The molecule has 1 unspecified atom stereocenters. The molecule has 0 bridgehead atoms. The van der Waals surface area contributed by atoms with Crippen molar-refractivity contribution in [1.29, 1.82) is 0 Å². The Balaban J connectivity index is 2.46. The van der Waals surface area contributed by atoms with Gasteiger partial charge in [-0.15, -0.1) is 0 Å². The van der Waals surface area contributed by atoms with Crippen LogP contribution in [0.2, 0.25) is 0 Å². The molecule has 19 heavy (non-hydrogen) atoms. The summed E-state index contributed by atoms with van der Waals surface area (Å²) in [6, 6.07) is 15.4. The van der Waals surface area contributed by atoms with Gasteiger partial charge in [-0.25, -0.2) is 0 Å². The summed E-state index contributed by atoms with van der Waals surface area (Å²) in [5.41, 5.74) is 0. The van der Waals surface area contributed by atoms with Gasteiger partial charge in [0.2, 0.25) is 0 Å². The lowest BCUT2D eigenvalue weighted by atomic mass is 10.3. The standard InChI is InChI=1S/C15H15O3P/c1-2-12-18-14-10-6-7-11-15(14)19(16,17)13-8-4-3-5-9-13/h2-11H,1,12H2,(H,16,17). The second-order valence-electron chi connectivity index (χ2n) is 3.98. The maximum Gasteiger partial charge on any atom is 0.262 e. The molecule has 4 heteroatoms. The molecule has 3 nitrogen and oxygen atoms in total. The molecule has 0 radical (unpaired) electrons. The first-order chi connectivity index (χ1) is 9.16. The van der Waals surface area contributed by atoms with E-state index in [0.29, 0.717) is 23.0 Å². The summed E-state index contributed by atoms with van der Waals surface area (Å²) in [6.07, 6.45) is 1.60.